The number of aromatic nitrogens is 4. The number of hydrogen-bond donors (Lipinski definition) is 0. The van der Waals surface area contributed by atoms with Gasteiger partial charge in [-0.25, -0.2) is 14.6 Å². The van der Waals surface area contributed by atoms with Crippen molar-refractivity contribution in [3.63, 3.8) is 0 Å². The summed E-state index contributed by atoms with van der Waals surface area (Å²) in [4.78, 5) is 25.3. The van der Waals surface area contributed by atoms with Gasteiger partial charge in [-0.3, -0.25) is 9.69 Å². The van der Waals surface area contributed by atoms with Crippen molar-refractivity contribution in [3.05, 3.63) is 42.5 Å². The van der Waals surface area contributed by atoms with E-state index in [1.165, 1.54) is 18.4 Å². The molecule has 1 amide bonds. The SMILES string of the molecule is CCC1CCN(CC(=O)N2CC=C(c3cnn(-c4ncccn4)c3)CC2)C1. The Morgan fingerprint density at radius 2 is 2.11 bits per heavy atom. The molecule has 0 radical (unpaired) electrons. The predicted molar refractivity (Wildman–Crippen MR) is 103 cm³/mol. The summed E-state index contributed by atoms with van der Waals surface area (Å²) < 4.78 is 1.69. The molecule has 7 nitrogen and oxygen atoms in total. The highest BCUT2D eigenvalue weighted by Crippen LogP contribution is 2.23. The van der Waals surface area contributed by atoms with Crippen molar-refractivity contribution in [3.8, 4) is 5.95 Å². The molecule has 27 heavy (non-hydrogen) atoms. The third-order valence-electron chi connectivity index (χ3n) is 5.58. The van der Waals surface area contributed by atoms with Crippen LogP contribution in [0.4, 0.5) is 0 Å². The van der Waals surface area contributed by atoms with Crippen LogP contribution < -0.4 is 0 Å². The Labute approximate surface area is 159 Å². The Balaban J connectivity index is 1.35. The van der Waals surface area contributed by atoms with Crippen molar-refractivity contribution in [2.24, 2.45) is 5.92 Å². The lowest BCUT2D eigenvalue weighted by atomic mass is 10.0. The molecule has 2 aliphatic rings. The molecule has 0 bridgehead atoms. The lowest BCUT2D eigenvalue weighted by Crippen LogP contribution is -2.41. The van der Waals surface area contributed by atoms with E-state index in [0.29, 0.717) is 19.0 Å². The predicted octanol–water partition coefficient (Wildman–Crippen LogP) is 2.01. The van der Waals surface area contributed by atoms with Gasteiger partial charge in [0.25, 0.3) is 0 Å². The quantitative estimate of drug-likeness (QED) is 0.810. The van der Waals surface area contributed by atoms with Gasteiger partial charge in [0.1, 0.15) is 0 Å². The zero-order chi connectivity index (χ0) is 18.6. The van der Waals surface area contributed by atoms with Gasteiger partial charge in [-0.15, -0.1) is 0 Å². The average Bonchev–Trinajstić information content (AvgIpc) is 3.38. The van der Waals surface area contributed by atoms with Crippen molar-refractivity contribution >= 4 is 11.5 Å². The van der Waals surface area contributed by atoms with Crippen LogP contribution in [0.25, 0.3) is 11.5 Å². The van der Waals surface area contributed by atoms with Gasteiger partial charge >= 0.3 is 0 Å². The number of likely N-dealkylation sites (tertiary alicyclic amines) is 1. The van der Waals surface area contributed by atoms with Crippen molar-refractivity contribution < 1.29 is 4.79 Å². The summed E-state index contributed by atoms with van der Waals surface area (Å²) in [6.45, 7) is 6.36. The fraction of sp³-hybridized carbons (Fsp3) is 0.500. The first kappa shape index (κ1) is 17.9. The van der Waals surface area contributed by atoms with Gasteiger partial charge < -0.3 is 4.90 Å². The van der Waals surface area contributed by atoms with Gasteiger partial charge in [0.2, 0.25) is 11.9 Å². The monoisotopic (exact) mass is 366 g/mol. The van der Waals surface area contributed by atoms with Crippen molar-refractivity contribution in [1.29, 1.82) is 0 Å². The van der Waals surface area contributed by atoms with Crippen LogP contribution in [0.5, 0.6) is 0 Å². The first-order chi connectivity index (χ1) is 13.2. The van der Waals surface area contributed by atoms with E-state index in [4.69, 9.17) is 0 Å². The van der Waals surface area contributed by atoms with E-state index in [0.717, 1.165) is 37.5 Å². The molecule has 1 unspecified atom stereocenters. The highest BCUT2D eigenvalue weighted by Gasteiger charge is 2.25. The fourth-order valence-electron chi connectivity index (χ4n) is 3.85. The van der Waals surface area contributed by atoms with E-state index in [-0.39, 0.29) is 5.91 Å². The highest BCUT2D eigenvalue weighted by molar-refractivity contribution is 5.80. The van der Waals surface area contributed by atoms with Gasteiger partial charge in [-0.1, -0.05) is 19.4 Å². The highest BCUT2D eigenvalue weighted by atomic mass is 16.2. The molecule has 0 spiro atoms. The standard InChI is InChI=1S/C20H26N6O/c1-2-16-4-9-24(13-16)15-19(27)25-10-5-17(6-11-25)18-12-23-26(14-18)20-21-7-3-8-22-20/h3,5,7-8,12,14,16H,2,4,6,9-11,13,15H2,1H3. The van der Waals surface area contributed by atoms with E-state index >= 15 is 0 Å². The van der Waals surface area contributed by atoms with Gasteiger partial charge in [0.15, 0.2) is 0 Å². The fourth-order valence-corrected chi connectivity index (χ4v) is 3.85. The molecule has 1 saturated heterocycles. The molecule has 0 aliphatic carbocycles. The summed E-state index contributed by atoms with van der Waals surface area (Å²) in [5, 5.41) is 4.36. The minimum atomic E-state index is 0.246. The average molecular weight is 366 g/mol. The normalized spacial score (nSPS) is 20.7. The molecule has 142 valence electrons. The van der Waals surface area contributed by atoms with E-state index in [1.807, 2.05) is 17.3 Å². The number of amides is 1. The largest absolute Gasteiger partial charge is 0.338 e. The summed E-state index contributed by atoms with van der Waals surface area (Å²) in [6, 6.07) is 1.79. The van der Waals surface area contributed by atoms with Crippen molar-refractivity contribution in [2.45, 2.75) is 26.2 Å². The molecule has 1 atom stereocenters. The summed E-state index contributed by atoms with van der Waals surface area (Å²) in [5.74, 6) is 1.57. The van der Waals surface area contributed by atoms with Crippen LogP contribution in [0, 0.1) is 5.92 Å². The van der Waals surface area contributed by atoms with Crippen molar-refractivity contribution in [2.75, 3.05) is 32.7 Å². The summed E-state index contributed by atoms with van der Waals surface area (Å²) >= 11 is 0. The molecule has 4 heterocycles. The molecule has 0 aromatic carbocycles. The van der Waals surface area contributed by atoms with Crippen molar-refractivity contribution in [1.82, 2.24) is 29.5 Å². The van der Waals surface area contributed by atoms with E-state index in [9.17, 15) is 4.79 Å². The van der Waals surface area contributed by atoms with Crippen LogP contribution >= 0.6 is 0 Å². The van der Waals surface area contributed by atoms with Gasteiger partial charge in [0.05, 0.1) is 12.7 Å². The Bertz CT molecular complexity index is 815. The molecule has 4 rings (SSSR count). The number of rotatable bonds is 5. The number of carbonyl (C=O) groups is 1. The Hall–Kier alpha value is -2.54. The van der Waals surface area contributed by atoms with E-state index < -0.39 is 0 Å². The molecular weight excluding hydrogens is 340 g/mol. The molecule has 0 N–H and O–H groups in total. The topological polar surface area (TPSA) is 67.2 Å². The molecule has 2 aromatic rings. The van der Waals surface area contributed by atoms with Crippen LogP contribution in [0.2, 0.25) is 0 Å². The second-order valence-corrected chi connectivity index (χ2v) is 7.34. The van der Waals surface area contributed by atoms with Gasteiger partial charge in [0, 0.05) is 43.8 Å². The van der Waals surface area contributed by atoms with E-state index in [1.54, 1.807) is 23.1 Å². The number of carbonyl (C=O) groups excluding carboxylic acids is 1. The maximum Gasteiger partial charge on any atom is 0.250 e. The van der Waals surface area contributed by atoms with Gasteiger partial charge in [-0.2, -0.15) is 5.10 Å². The zero-order valence-corrected chi connectivity index (χ0v) is 15.8. The summed E-state index contributed by atoms with van der Waals surface area (Å²) in [6.07, 6.45) is 12.6. The smallest absolute Gasteiger partial charge is 0.250 e. The molecule has 7 heteroatoms. The maximum absolute atomic E-state index is 12.6. The second kappa shape index (κ2) is 8.00. The first-order valence-corrected chi connectivity index (χ1v) is 9.74. The first-order valence-electron chi connectivity index (χ1n) is 9.74. The molecule has 2 aliphatic heterocycles. The minimum absolute atomic E-state index is 0.246. The lowest BCUT2D eigenvalue weighted by molar-refractivity contribution is -0.131. The van der Waals surface area contributed by atoms with Crippen LogP contribution in [0.3, 0.4) is 0 Å². The third kappa shape index (κ3) is 4.08. The van der Waals surface area contributed by atoms with E-state index in [2.05, 4.69) is 33.0 Å². The number of nitrogens with zero attached hydrogens (tertiary/aromatic N) is 6. The number of hydrogen-bond acceptors (Lipinski definition) is 5. The molecule has 2 aromatic heterocycles. The summed E-state index contributed by atoms with van der Waals surface area (Å²) in [5.41, 5.74) is 2.30. The maximum atomic E-state index is 12.6. The van der Waals surface area contributed by atoms with Crippen LogP contribution in [-0.2, 0) is 4.79 Å². The molecular formula is C20H26N6O. The molecule has 1 fully saturated rings. The van der Waals surface area contributed by atoms with Crippen LogP contribution in [0.1, 0.15) is 31.7 Å². The molecule has 0 saturated carbocycles. The minimum Gasteiger partial charge on any atom is -0.338 e. The lowest BCUT2D eigenvalue weighted by Gasteiger charge is -2.28. The third-order valence-corrected chi connectivity index (χ3v) is 5.58. The van der Waals surface area contributed by atoms with Gasteiger partial charge in [-0.05, 0) is 36.9 Å². The van der Waals surface area contributed by atoms with Crippen LogP contribution in [-0.4, -0.2) is 68.2 Å². The second-order valence-electron chi connectivity index (χ2n) is 7.34. The summed E-state index contributed by atoms with van der Waals surface area (Å²) in [7, 11) is 0. The Morgan fingerprint density at radius 1 is 1.26 bits per heavy atom. The zero-order valence-electron chi connectivity index (χ0n) is 15.8. The Kier molecular flexibility index (Phi) is 5.29. The Morgan fingerprint density at radius 3 is 2.81 bits per heavy atom. The van der Waals surface area contributed by atoms with Crippen LogP contribution in [0.15, 0.2) is 36.9 Å².